The highest BCUT2D eigenvalue weighted by Gasteiger charge is 2.40. The summed E-state index contributed by atoms with van der Waals surface area (Å²) in [7, 11) is 0. The molecule has 3 atom stereocenters. The van der Waals surface area contributed by atoms with E-state index in [1.165, 1.54) is 10.8 Å². The Morgan fingerprint density at radius 3 is 2.20 bits per heavy atom. The minimum Gasteiger partial charge on any atom is -0.463 e. The number of H-pyrrole nitrogens is 1. The van der Waals surface area contributed by atoms with Crippen molar-refractivity contribution in [2.45, 2.75) is 44.6 Å². The molecule has 2 heterocycles. The van der Waals surface area contributed by atoms with Crippen molar-refractivity contribution in [2.75, 3.05) is 6.61 Å². The first-order valence-electron chi connectivity index (χ1n) is 11.3. The third-order valence-electron chi connectivity index (χ3n) is 5.71. The van der Waals surface area contributed by atoms with Crippen molar-refractivity contribution in [3.05, 3.63) is 104 Å². The van der Waals surface area contributed by atoms with Gasteiger partial charge in [-0.3, -0.25) is 23.9 Å². The highest BCUT2D eigenvalue weighted by atomic mass is 16.6. The lowest BCUT2D eigenvalue weighted by molar-refractivity contribution is -0.157. The van der Waals surface area contributed by atoms with Crippen molar-refractivity contribution in [3.8, 4) is 0 Å². The number of carbonyl (C=O) groups excluding carboxylic acids is 2. The predicted molar refractivity (Wildman–Crippen MR) is 126 cm³/mol. The maximum absolute atomic E-state index is 12.6. The first-order chi connectivity index (χ1) is 16.9. The minimum absolute atomic E-state index is 0.0697. The molecule has 1 aromatic heterocycles. The molecule has 1 fully saturated rings. The highest BCUT2D eigenvalue weighted by molar-refractivity contribution is 5.73. The van der Waals surface area contributed by atoms with Crippen LogP contribution in [0.4, 0.5) is 0 Å². The third kappa shape index (κ3) is 6.33. The lowest BCUT2D eigenvalue weighted by atomic mass is 10.1. The van der Waals surface area contributed by atoms with E-state index in [4.69, 9.17) is 14.2 Å². The number of benzene rings is 2. The number of ether oxygens (including phenoxy) is 3. The molecule has 0 bridgehead atoms. The molecule has 1 aliphatic rings. The van der Waals surface area contributed by atoms with Crippen LogP contribution in [-0.4, -0.2) is 40.3 Å². The highest BCUT2D eigenvalue weighted by Crippen LogP contribution is 2.30. The van der Waals surface area contributed by atoms with Gasteiger partial charge in [-0.1, -0.05) is 60.7 Å². The number of rotatable bonds is 8. The molecule has 2 aromatic carbocycles. The van der Waals surface area contributed by atoms with Gasteiger partial charge in [-0.25, -0.2) is 4.79 Å². The Morgan fingerprint density at radius 1 is 0.971 bits per heavy atom. The number of esters is 2. The fraction of sp³-hybridized carbons (Fsp3) is 0.308. The molecule has 9 nitrogen and oxygen atoms in total. The maximum Gasteiger partial charge on any atom is 0.330 e. The van der Waals surface area contributed by atoms with Crippen LogP contribution in [0, 0.1) is 6.92 Å². The second kappa shape index (κ2) is 11.0. The molecule has 182 valence electrons. The van der Waals surface area contributed by atoms with Crippen LogP contribution in [0.25, 0.3) is 0 Å². The Balaban J connectivity index is 1.46. The van der Waals surface area contributed by atoms with Crippen LogP contribution in [0.1, 0.15) is 29.3 Å². The summed E-state index contributed by atoms with van der Waals surface area (Å²) in [5.41, 5.74) is 0.821. The molecular formula is C26H26N2O7. The fourth-order valence-electron chi connectivity index (χ4n) is 3.91. The largest absolute Gasteiger partial charge is 0.463 e. The van der Waals surface area contributed by atoms with Crippen molar-refractivity contribution >= 4 is 11.9 Å². The topological polar surface area (TPSA) is 117 Å². The molecule has 0 radical (unpaired) electrons. The number of carbonyl (C=O) groups is 2. The van der Waals surface area contributed by atoms with Gasteiger partial charge in [0.1, 0.15) is 25.0 Å². The Kier molecular flexibility index (Phi) is 7.57. The minimum atomic E-state index is -0.801. The van der Waals surface area contributed by atoms with Crippen molar-refractivity contribution in [1.82, 2.24) is 9.55 Å². The molecule has 0 spiro atoms. The standard InChI is InChI=1S/C26H26N2O7/c1-17-15-28(26(32)27-25(17)31)22-14-20(35-24(30)13-19-10-6-3-7-11-19)21(34-22)16-33-23(29)12-18-8-4-2-5-9-18/h2-11,15,20-22H,12-14,16H2,1H3,(H,27,31,32)/t20-,21+,22+/m0/s1. The van der Waals surface area contributed by atoms with E-state index in [9.17, 15) is 19.2 Å². The predicted octanol–water partition coefficient (Wildman–Crippen LogP) is 2.07. The van der Waals surface area contributed by atoms with Gasteiger partial charge < -0.3 is 14.2 Å². The van der Waals surface area contributed by atoms with E-state index in [1.807, 2.05) is 60.7 Å². The summed E-state index contributed by atoms with van der Waals surface area (Å²) in [6.07, 6.45) is -0.608. The molecule has 0 saturated carbocycles. The van der Waals surface area contributed by atoms with E-state index in [-0.39, 0.29) is 25.9 Å². The molecule has 4 rings (SSSR count). The van der Waals surface area contributed by atoms with Crippen molar-refractivity contribution in [2.24, 2.45) is 0 Å². The first kappa shape index (κ1) is 24.2. The quantitative estimate of drug-likeness (QED) is 0.493. The summed E-state index contributed by atoms with van der Waals surface area (Å²) in [5, 5.41) is 0. The molecule has 1 aliphatic heterocycles. The van der Waals surface area contributed by atoms with Gasteiger partial charge in [0.05, 0.1) is 12.8 Å². The molecule has 0 amide bonds. The molecule has 0 unspecified atom stereocenters. The van der Waals surface area contributed by atoms with Crippen molar-refractivity contribution in [3.63, 3.8) is 0 Å². The number of nitrogens with one attached hydrogen (secondary N) is 1. The molecule has 9 heteroatoms. The smallest absolute Gasteiger partial charge is 0.330 e. The van der Waals surface area contributed by atoms with E-state index < -0.39 is 41.6 Å². The Morgan fingerprint density at radius 2 is 1.57 bits per heavy atom. The van der Waals surface area contributed by atoms with Crippen LogP contribution >= 0.6 is 0 Å². The van der Waals surface area contributed by atoms with Gasteiger partial charge in [-0.15, -0.1) is 0 Å². The normalized spacial score (nSPS) is 19.3. The number of aromatic amines is 1. The van der Waals surface area contributed by atoms with E-state index in [0.717, 1.165) is 11.1 Å². The molecule has 1 N–H and O–H groups in total. The zero-order valence-electron chi connectivity index (χ0n) is 19.2. The molecular weight excluding hydrogens is 452 g/mol. The number of nitrogens with zero attached hydrogens (tertiary/aromatic N) is 1. The average Bonchev–Trinajstić information content (AvgIpc) is 3.23. The van der Waals surface area contributed by atoms with Gasteiger partial charge in [0.2, 0.25) is 0 Å². The van der Waals surface area contributed by atoms with E-state index >= 15 is 0 Å². The van der Waals surface area contributed by atoms with Crippen LogP contribution < -0.4 is 11.2 Å². The van der Waals surface area contributed by atoms with Crippen molar-refractivity contribution in [1.29, 1.82) is 0 Å². The molecule has 35 heavy (non-hydrogen) atoms. The van der Waals surface area contributed by atoms with Crippen LogP contribution in [0.5, 0.6) is 0 Å². The Hall–Kier alpha value is -3.98. The van der Waals surface area contributed by atoms with E-state index in [1.54, 1.807) is 6.92 Å². The molecule has 3 aromatic rings. The van der Waals surface area contributed by atoms with Gasteiger partial charge in [-0.2, -0.15) is 0 Å². The SMILES string of the molecule is Cc1cn([C@H]2C[C@H](OC(=O)Cc3ccccc3)[C@@H](COC(=O)Cc3ccccc3)O2)c(=O)[nH]c1=O. The van der Waals surface area contributed by atoms with Crippen LogP contribution in [0.2, 0.25) is 0 Å². The zero-order valence-corrected chi connectivity index (χ0v) is 19.2. The number of hydrogen-bond donors (Lipinski definition) is 1. The summed E-state index contributed by atoms with van der Waals surface area (Å²) in [5.74, 6) is -0.911. The summed E-state index contributed by atoms with van der Waals surface area (Å²) < 4.78 is 18.3. The summed E-state index contributed by atoms with van der Waals surface area (Å²) in [6.45, 7) is 1.42. The molecule has 1 saturated heterocycles. The lowest BCUT2D eigenvalue weighted by Gasteiger charge is -2.19. The maximum atomic E-state index is 12.6. The van der Waals surface area contributed by atoms with Crippen molar-refractivity contribution < 1.29 is 23.8 Å². The Bertz CT molecular complexity index is 1280. The van der Waals surface area contributed by atoms with Crippen LogP contribution in [0.3, 0.4) is 0 Å². The third-order valence-corrected chi connectivity index (χ3v) is 5.71. The summed E-state index contributed by atoms with van der Waals surface area (Å²) in [4.78, 5) is 51.3. The van der Waals surface area contributed by atoms with Crippen LogP contribution in [-0.2, 0) is 36.6 Å². The van der Waals surface area contributed by atoms with Gasteiger partial charge in [0.15, 0.2) is 0 Å². The van der Waals surface area contributed by atoms with E-state index in [0.29, 0.717) is 5.56 Å². The number of aryl methyl sites for hydroxylation is 1. The van der Waals surface area contributed by atoms with Gasteiger partial charge in [0, 0.05) is 18.2 Å². The van der Waals surface area contributed by atoms with Gasteiger partial charge in [-0.05, 0) is 18.1 Å². The van der Waals surface area contributed by atoms with Gasteiger partial charge >= 0.3 is 17.6 Å². The van der Waals surface area contributed by atoms with Crippen LogP contribution in [0.15, 0.2) is 76.4 Å². The summed E-state index contributed by atoms with van der Waals surface area (Å²) in [6, 6.07) is 18.3. The second-order valence-electron chi connectivity index (χ2n) is 8.38. The van der Waals surface area contributed by atoms with Gasteiger partial charge in [0.25, 0.3) is 5.56 Å². The monoisotopic (exact) mass is 478 g/mol. The molecule has 0 aliphatic carbocycles. The summed E-state index contributed by atoms with van der Waals surface area (Å²) >= 11 is 0. The zero-order chi connectivity index (χ0) is 24.8. The average molecular weight is 479 g/mol. The number of aromatic nitrogens is 2. The first-order valence-corrected chi connectivity index (χ1v) is 11.3. The lowest BCUT2D eigenvalue weighted by Crippen LogP contribution is -2.33. The number of hydrogen-bond acceptors (Lipinski definition) is 7. The van der Waals surface area contributed by atoms with E-state index in [2.05, 4.69) is 4.98 Å². The fourth-order valence-corrected chi connectivity index (χ4v) is 3.91. The Labute approximate surface area is 201 Å². The second-order valence-corrected chi connectivity index (χ2v) is 8.38.